The van der Waals surface area contributed by atoms with Gasteiger partial charge in [0.05, 0.1) is 5.56 Å². The van der Waals surface area contributed by atoms with Crippen LogP contribution in [-0.4, -0.2) is 52.9 Å². The number of amides is 3. The highest BCUT2D eigenvalue weighted by Gasteiger charge is 2.60. The fraction of sp³-hybridized carbons (Fsp3) is 0.652. The van der Waals surface area contributed by atoms with Crippen molar-refractivity contribution in [3.63, 3.8) is 0 Å². The number of rotatable bonds is 5. The molecule has 0 unspecified atom stereocenters. The van der Waals surface area contributed by atoms with E-state index < -0.39 is 5.66 Å². The summed E-state index contributed by atoms with van der Waals surface area (Å²) < 4.78 is 0. The molecule has 3 aliphatic carbocycles. The van der Waals surface area contributed by atoms with Gasteiger partial charge in [-0.3, -0.25) is 14.4 Å². The van der Waals surface area contributed by atoms with Crippen molar-refractivity contribution in [2.45, 2.75) is 57.5 Å². The number of nitrogens with zero attached hydrogens (tertiary/aromatic N) is 2. The minimum absolute atomic E-state index is 0.0610. The van der Waals surface area contributed by atoms with Crippen LogP contribution in [0.4, 0.5) is 5.82 Å². The van der Waals surface area contributed by atoms with Crippen LogP contribution in [-0.2, 0) is 9.59 Å². The first-order valence-corrected chi connectivity index (χ1v) is 11.5. The molecular weight excluding hydrogens is 394 g/mol. The lowest BCUT2D eigenvalue weighted by Crippen LogP contribution is -2.70. The third-order valence-electron chi connectivity index (χ3n) is 7.93. The zero-order valence-corrected chi connectivity index (χ0v) is 18.1. The molecule has 31 heavy (non-hydrogen) atoms. The van der Waals surface area contributed by atoms with E-state index in [0.717, 1.165) is 45.2 Å². The maximum absolute atomic E-state index is 13.1. The minimum Gasteiger partial charge on any atom is -0.356 e. The summed E-state index contributed by atoms with van der Waals surface area (Å²) in [6, 6.07) is 3.55. The van der Waals surface area contributed by atoms with E-state index in [1.807, 2.05) is 4.90 Å². The van der Waals surface area contributed by atoms with Crippen molar-refractivity contribution >= 4 is 23.5 Å². The Morgan fingerprint density at radius 3 is 3.00 bits per heavy atom. The van der Waals surface area contributed by atoms with Crippen molar-refractivity contribution in [2.24, 2.45) is 17.3 Å². The Kier molecular flexibility index (Phi) is 4.90. The van der Waals surface area contributed by atoms with Crippen LogP contribution in [0.2, 0.25) is 0 Å². The predicted molar refractivity (Wildman–Crippen MR) is 115 cm³/mol. The van der Waals surface area contributed by atoms with Crippen molar-refractivity contribution in [1.82, 2.24) is 20.5 Å². The number of anilines is 1. The van der Waals surface area contributed by atoms with Crippen LogP contribution in [0, 0.1) is 17.3 Å². The standard InChI is InChI=1S/C23H31N5O3/c1-22-8-7-15(23(14-22)26-19-16(20(30)27-23)5-2-9-24-19)13-17(22)21(31)25-10-4-12-28-11-3-6-18(28)29/h2,5,9,15,17H,3-4,6-8,10-14H2,1H3,(H,24,26)(H,25,31)(H,27,30)/t15-,17-,22-,23+/m0/s1. The maximum Gasteiger partial charge on any atom is 0.256 e. The number of aromatic nitrogens is 1. The van der Waals surface area contributed by atoms with Crippen molar-refractivity contribution in [3.05, 3.63) is 23.9 Å². The molecule has 5 aliphatic rings. The van der Waals surface area contributed by atoms with Gasteiger partial charge in [0.15, 0.2) is 0 Å². The first-order chi connectivity index (χ1) is 14.9. The van der Waals surface area contributed by atoms with E-state index in [0.29, 0.717) is 30.8 Å². The second-order valence-corrected chi connectivity index (χ2v) is 9.93. The summed E-state index contributed by atoms with van der Waals surface area (Å²) >= 11 is 0. The van der Waals surface area contributed by atoms with Gasteiger partial charge in [-0.15, -0.1) is 0 Å². The molecule has 0 radical (unpaired) electrons. The van der Waals surface area contributed by atoms with Crippen molar-refractivity contribution < 1.29 is 14.4 Å². The summed E-state index contributed by atoms with van der Waals surface area (Å²) in [5, 5.41) is 9.89. The van der Waals surface area contributed by atoms with Crippen LogP contribution < -0.4 is 16.0 Å². The van der Waals surface area contributed by atoms with Crippen LogP contribution in [0.3, 0.4) is 0 Å². The number of pyridine rings is 1. The van der Waals surface area contributed by atoms with Gasteiger partial charge >= 0.3 is 0 Å². The number of hydrogen-bond acceptors (Lipinski definition) is 5. The summed E-state index contributed by atoms with van der Waals surface area (Å²) in [6.45, 7) is 4.33. The van der Waals surface area contributed by atoms with Crippen molar-refractivity contribution in [2.75, 3.05) is 25.0 Å². The van der Waals surface area contributed by atoms with Crippen LogP contribution in [0.5, 0.6) is 0 Å². The lowest BCUT2D eigenvalue weighted by Gasteiger charge is -2.60. The minimum atomic E-state index is -0.529. The average Bonchev–Trinajstić information content (AvgIpc) is 3.15. The second-order valence-electron chi connectivity index (χ2n) is 9.93. The van der Waals surface area contributed by atoms with Gasteiger partial charge in [0.2, 0.25) is 11.8 Å². The van der Waals surface area contributed by atoms with E-state index in [1.54, 1.807) is 18.3 Å². The van der Waals surface area contributed by atoms with Gasteiger partial charge < -0.3 is 20.9 Å². The van der Waals surface area contributed by atoms with Gasteiger partial charge in [-0.2, -0.15) is 0 Å². The third-order valence-corrected chi connectivity index (χ3v) is 7.93. The predicted octanol–water partition coefficient (Wildman–Crippen LogP) is 1.89. The fourth-order valence-corrected chi connectivity index (χ4v) is 6.27. The first kappa shape index (κ1) is 20.3. The van der Waals surface area contributed by atoms with Gasteiger partial charge in [-0.05, 0) is 56.1 Å². The van der Waals surface area contributed by atoms with Crippen LogP contribution in [0.15, 0.2) is 18.3 Å². The SMILES string of the molecule is C[C@@]12CC[C@@H](C[C@H]1C(=O)NCCCN1CCCC1=O)[C@@]1(C2)NC(=O)c2cccnc2N1. The van der Waals surface area contributed by atoms with Gasteiger partial charge in [0.1, 0.15) is 11.5 Å². The molecule has 166 valence electrons. The molecule has 3 N–H and O–H groups in total. The smallest absolute Gasteiger partial charge is 0.256 e. The highest BCUT2D eigenvalue weighted by atomic mass is 16.2. The van der Waals surface area contributed by atoms with E-state index in [-0.39, 0.29) is 35.0 Å². The van der Waals surface area contributed by atoms with Gasteiger partial charge in [0, 0.05) is 44.1 Å². The van der Waals surface area contributed by atoms with E-state index in [9.17, 15) is 14.4 Å². The lowest BCUT2D eigenvalue weighted by atomic mass is 9.51. The molecule has 1 saturated heterocycles. The molecule has 1 aromatic heterocycles. The Balaban J connectivity index is 1.23. The van der Waals surface area contributed by atoms with E-state index >= 15 is 0 Å². The third kappa shape index (κ3) is 3.46. The number of hydrogen-bond donors (Lipinski definition) is 3. The summed E-state index contributed by atoms with van der Waals surface area (Å²) in [7, 11) is 0. The molecule has 2 bridgehead atoms. The first-order valence-electron chi connectivity index (χ1n) is 11.5. The van der Waals surface area contributed by atoms with Gasteiger partial charge in [0.25, 0.3) is 5.91 Å². The Morgan fingerprint density at radius 2 is 2.23 bits per heavy atom. The zero-order chi connectivity index (χ0) is 21.6. The van der Waals surface area contributed by atoms with E-state index in [2.05, 4.69) is 27.9 Å². The molecule has 2 aliphatic heterocycles. The lowest BCUT2D eigenvalue weighted by molar-refractivity contribution is -0.139. The van der Waals surface area contributed by atoms with Crippen molar-refractivity contribution in [1.29, 1.82) is 0 Å². The van der Waals surface area contributed by atoms with Crippen LogP contribution in [0.25, 0.3) is 0 Å². The Hall–Kier alpha value is -2.64. The maximum atomic E-state index is 13.1. The highest BCUT2D eigenvalue weighted by molar-refractivity contribution is 6.01. The Morgan fingerprint density at radius 1 is 1.35 bits per heavy atom. The van der Waals surface area contributed by atoms with E-state index in [1.165, 1.54) is 0 Å². The molecular formula is C23H31N5O3. The van der Waals surface area contributed by atoms with Gasteiger partial charge in [-0.1, -0.05) is 6.92 Å². The van der Waals surface area contributed by atoms with Crippen LogP contribution in [0.1, 0.15) is 62.2 Å². The molecule has 3 heterocycles. The Labute approximate surface area is 182 Å². The molecule has 4 atom stereocenters. The molecule has 4 fully saturated rings. The summed E-state index contributed by atoms with van der Waals surface area (Å²) in [5.41, 5.74) is -0.139. The summed E-state index contributed by atoms with van der Waals surface area (Å²) in [5.74, 6) is 1.01. The summed E-state index contributed by atoms with van der Waals surface area (Å²) in [6.07, 6.45) is 7.51. The number of likely N-dealkylation sites (tertiary alicyclic amines) is 1. The molecule has 8 heteroatoms. The Bertz CT molecular complexity index is 920. The molecule has 6 rings (SSSR count). The summed E-state index contributed by atoms with van der Waals surface area (Å²) in [4.78, 5) is 43.8. The fourth-order valence-electron chi connectivity index (χ4n) is 6.27. The van der Waals surface area contributed by atoms with Crippen LogP contribution >= 0.6 is 0 Å². The highest BCUT2D eigenvalue weighted by Crippen LogP contribution is 2.58. The molecule has 0 aromatic carbocycles. The number of nitrogens with one attached hydrogen (secondary N) is 3. The second kappa shape index (κ2) is 7.50. The number of carbonyl (C=O) groups is 3. The topological polar surface area (TPSA) is 103 Å². The number of fused-ring (bicyclic) bond motifs is 3. The normalized spacial score (nSPS) is 33.8. The largest absolute Gasteiger partial charge is 0.356 e. The molecule has 1 aromatic rings. The average molecular weight is 426 g/mol. The molecule has 8 nitrogen and oxygen atoms in total. The quantitative estimate of drug-likeness (QED) is 0.625. The van der Waals surface area contributed by atoms with Gasteiger partial charge in [-0.25, -0.2) is 4.98 Å². The zero-order valence-electron chi connectivity index (χ0n) is 18.1. The molecule has 1 spiro atoms. The molecule has 3 saturated carbocycles. The monoisotopic (exact) mass is 425 g/mol. The molecule has 3 amide bonds. The van der Waals surface area contributed by atoms with E-state index in [4.69, 9.17) is 0 Å². The van der Waals surface area contributed by atoms with Crippen molar-refractivity contribution in [3.8, 4) is 0 Å². The number of carbonyl (C=O) groups excluding carboxylic acids is 3.